The molecule has 2 N–H and O–H groups in total. The Morgan fingerprint density at radius 2 is 1.42 bits per heavy atom. The Labute approximate surface area is 156 Å². The molecule has 0 heterocycles. The molecule has 4 heteroatoms. The summed E-state index contributed by atoms with van der Waals surface area (Å²) in [6, 6.07) is 18.7. The first kappa shape index (κ1) is 19.4. The van der Waals surface area contributed by atoms with Crippen molar-refractivity contribution in [1.29, 1.82) is 0 Å². The van der Waals surface area contributed by atoms with E-state index in [1.807, 2.05) is 60.7 Å². The zero-order valence-electron chi connectivity index (χ0n) is 15.4. The molecular weight excluding hydrogens is 343 g/mol. The van der Waals surface area contributed by atoms with Gasteiger partial charge < -0.3 is 14.8 Å². The van der Waals surface area contributed by atoms with Gasteiger partial charge >= 0.3 is 0 Å². The van der Waals surface area contributed by atoms with Crippen LogP contribution in [0.15, 0.2) is 60.7 Å². The molecule has 3 nitrogen and oxygen atoms in total. The van der Waals surface area contributed by atoms with Crippen molar-refractivity contribution in [3.05, 3.63) is 60.7 Å². The molecule has 1 saturated carbocycles. The number of aliphatic hydroxyl groups is 2. The minimum absolute atomic E-state index is 0.0473. The van der Waals surface area contributed by atoms with Gasteiger partial charge in [0.2, 0.25) is 0 Å². The predicted molar refractivity (Wildman–Crippen MR) is 108 cm³/mol. The molecule has 3 rings (SSSR count). The summed E-state index contributed by atoms with van der Waals surface area (Å²) in [6.45, 7) is 1.64. The molecule has 0 aromatic heterocycles. The van der Waals surface area contributed by atoms with E-state index in [2.05, 4.69) is 0 Å². The maximum Gasteiger partial charge on any atom is 0.146 e. The van der Waals surface area contributed by atoms with Crippen molar-refractivity contribution in [1.82, 2.24) is 0 Å². The molecule has 0 amide bonds. The molecule has 1 aliphatic rings. The van der Waals surface area contributed by atoms with E-state index in [9.17, 15) is 14.8 Å². The molecule has 0 saturated heterocycles. The molecule has 1 fully saturated rings. The lowest BCUT2D eigenvalue weighted by atomic mass is 9.79. The number of hydrogen-bond donors (Lipinski definition) is 2. The predicted octanol–water partition coefficient (Wildman–Crippen LogP) is 3.69. The summed E-state index contributed by atoms with van der Waals surface area (Å²) in [6.07, 6.45) is 4.42. The van der Waals surface area contributed by atoms with E-state index >= 15 is 0 Å². The van der Waals surface area contributed by atoms with E-state index in [4.69, 9.17) is 0 Å². The van der Waals surface area contributed by atoms with E-state index in [1.165, 1.54) is 6.42 Å². The lowest BCUT2D eigenvalue weighted by Crippen LogP contribution is -2.48. The van der Waals surface area contributed by atoms with Gasteiger partial charge in [-0.1, -0.05) is 79.9 Å². The first-order chi connectivity index (χ1) is 12.4. The monoisotopic (exact) mass is 372 g/mol. The van der Waals surface area contributed by atoms with Crippen LogP contribution < -0.4 is 10.6 Å². The highest BCUT2D eigenvalue weighted by molar-refractivity contribution is 7.78. The fourth-order valence-corrected chi connectivity index (χ4v) is 7.23. The van der Waals surface area contributed by atoms with Crippen molar-refractivity contribution < 1.29 is 14.8 Å². The third kappa shape index (κ3) is 4.11. The summed E-state index contributed by atoms with van der Waals surface area (Å²) in [4.78, 5) is 0. The number of benzene rings is 2. The average Bonchev–Trinajstić information content (AvgIpc) is 2.69. The van der Waals surface area contributed by atoms with Crippen LogP contribution in [0.1, 0.15) is 39.0 Å². The largest absolute Gasteiger partial charge is 0.390 e. The van der Waals surface area contributed by atoms with Crippen LogP contribution in [0.5, 0.6) is 0 Å². The Kier molecular flexibility index (Phi) is 6.02. The van der Waals surface area contributed by atoms with Gasteiger partial charge in [0.25, 0.3) is 0 Å². The van der Waals surface area contributed by atoms with Crippen molar-refractivity contribution in [3.8, 4) is 0 Å². The smallest absolute Gasteiger partial charge is 0.146 e. The molecule has 1 aliphatic carbocycles. The van der Waals surface area contributed by atoms with Crippen molar-refractivity contribution in [2.75, 3.05) is 6.16 Å². The standard InChI is InChI=1S/C22H29O3P/c1-22(24,21(23)18-11-5-2-6-12-18)17-26(25,19-13-7-3-8-14-19)20-15-9-4-10-16-20/h3-4,7-10,13-16,18,21,23-24H,2,5-6,11-12,17H2,1H3/t21-,22-/m1/s1. The second-order valence-corrected chi connectivity index (χ2v) is 10.6. The van der Waals surface area contributed by atoms with Crippen LogP contribution in [0.2, 0.25) is 0 Å². The molecule has 0 aliphatic heterocycles. The molecule has 2 atom stereocenters. The second kappa shape index (κ2) is 8.08. The Bertz CT molecular complexity index is 693. The van der Waals surface area contributed by atoms with Crippen LogP contribution in [0, 0.1) is 5.92 Å². The third-order valence-corrected chi connectivity index (χ3v) is 8.97. The lowest BCUT2D eigenvalue weighted by Gasteiger charge is -2.38. The molecule has 26 heavy (non-hydrogen) atoms. The maximum absolute atomic E-state index is 14.1. The van der Waals surface area contributed by atoms with Crippen molar-refractivity contribution in [2.45, 2.75) is 50.7 Å². The lowest BCUT2D eigenvalue weighted by molar-refractivity contribution is -0.0811. The van der Waals surface area contributed by atoms with Crippen LogP contribution in [-0.2, 0) is 4.57 Å². The van der Waals surface area contributed by atoms with Gasteiger partial charge in [-0.2, -0.15) is 0 Å². The van der Waals surface area contributed by atoms with Crippen LogP contribution in [0.3, 0.4) is 0 Å². The van der Waals surface area contributed by atoms with Crippen molar-refractivity contribution in [2.24, 2.45) is 5.92 Å². The van der Waals surface area contributed by atoms with Gasteiger partial charge in [0.1, 0.15) is 7.14 Å². The average molecular weight is 372 g/mol. The summed E-state index contributed by atoms with van der Waals surface area (Å²) in [5.41, 5.74) is -1.40. The fourth-order valence-electron chi connectivity index (χ4n) is 4.17. The number of hydrogen-bond acceptors (Lipinski definition) is 3. The molecule has 2 aromatic rings. The first-order valence-corrected chi connectivity index (χ1v) is 11.4. The maximum atomic E-state index is 14.1. The second-order valence-electron chi connectivity index (χ2n) is 7.77. The van der Waals surface area contributed by atoms with Crippen LogP contribution in [-0.4, -0.2) is 28.1 Å². The van der Waals surface area contributed by atoms with Gasteiger partial charge in [-0.05, 0) is 25.7 Å². The zero-order valence-corrected chi connectivity index (χ0v) is 16.3. The number of aliphatic hydroxyl groups excluding tert-OH is 1. The van der Waals surface area contributed by atoms with Crippen LogP contribution in [0.25, 0.3) is 0 Å². The highest BCUT2D eigenvalue weighted by Gasteiger charge is 2.43. The van der Waals surface area contributed by atoms with E-state index in [0.717, 1.165) is 36.3 Å². The molecule has 0 spiro atoms. The molecule has 2 aromatic carbocycles. The summed E-state index contributed by atoms with van der Waals surface area (Å²) >= 11 is 0. The summed E-state index contributed by atoms with van der Waals surface area (Å²) in [7, 11) is -3.06. The van der Waals surface area contributed by atoms with Gasteiger partial charge in [0.05, 0.1) is 11.7 Å². The Morgan fingerprint density at radius 1 is 0.962 bits per heavy atom. The number of rotatable bonds is 6. The third-order valence-electron chi connectivity index (χ3n) is 5.62. The highest BCUT2D eigenvalue weighted by Crippen LogP contribution is 2.47. The first-order valence-electron chi connectivity index (χ1n) is 9.54. The van der Waals surface area contributed by atoms with Crippen LogP contribution in [0.4, 0.5) is 0 Å². The van der Waals surface area contributed by atoms with Gasteiger partial charge in [-0.3, -0.25) is 0 Å². The van der Waals surface area contributed by atoms with Gasteiger partial charge in [-0.15, -0.1) is 0 Å². The van der Waals surface area contributed by atoms with E-state index in [0.29, 0.717) is 0 Å². The topological polar surface area (TPSA) is 57.5 Å². The molecule has 0 bridgehead atoms. The van der Waals surface area contributed by atoms with E-state index < -0.39 is 18.8 Å². The quantitative estimate of drug-likeness (QED) is 0.761. The molecule has 140 valence electrons. The fraction of sp³-hybridized carbons (Fsp3) is 0.455. The van der Waals surface area contributed by atoms with E-state index in [1.54, 1.807) is 6.92 Å². The molecule has 0 radical (unpaired) electrons. The Balaban J connectivity index is 1.94. The normalized spacial score (nSPS) is 19.7. The van der Waals surface area contributed by atoms with Crippen molar-refractivity contribution >= 4 is 17.8 Å². The minimum Gasteiger partial charge on any atom is -0.390 e. The zero-order chi connectivity index (χ0) is 18.6. The van der Waals surface area contributed by atoms with E-state index in [-0.39, 0.29) is 12.1 Å². The minimum atomic E-state index is -3.06. The molecule has 0 unspecified atom stereocenters. The van der Waals surface area contributed by atoms with Crippen molar-refractivity contribution in [3.63, 3.8) is 0 Å². The summed E-state index contributed by atoms with van der Waals surface area (Å²) in [5.74, 6) is 0.0822. The van der Waals surface area contributed by atoms with Gasteiger partial charge in [0, 0.05) is 16.8 Å². The Morgan fingerprint density at radius 3 is 1.88 bits per heavy atom. The van der Waals surface area contributed by atoms with Gasteiger partial charge in [-0.25, -0.2) is 0 Å². The van der Waals surface area contributed by atoms with Gasteiger partial charge in [0.15, 0.2) is 0 Å². The summed E-state index contributed by atoms with van der Waals surface area (Å²) < 4.78 is 14.1. The molecular formula is C22H29O3P. The highest BCUT2D eigenvalue weighted by atomic mass is 31.2. The Hall–Kier alpha value is -1.41. The summed E-state index contributed by atoms with van der Waals surface area (Å²) in [5, 5.41) is 23.5. The van der Waals surface area contributed by atoms with Crippen LogP contribution >= 0.6 is 7.14 Å². The SMILES string of the molecule is C[C@@](O)(CP(=O)(c1ccccc1)c1ccccc1)[C@H](O)C1CCCCC1.